The first-order chi connectivity index (χ1) is 10.3. The molecule has 0 aliphatic rings. The Balaban J connectivity index is 4.37. The number of ether oxygens (including phenoxy) is 1. The third-order valence-electron chi connectivity index (χ3n) is 2.57. The number of ketones is 1. The van der Waals surface area contributed by atoms with Crippen molar-refractivity contribution in [2.24, 2.45) is 0 Å². The molecule has 3 N–H and O–H groups in total. The minimum atomic E-state index is -0.993. The number of hydrogen-bond donors (Lipinski definition) is 3. The fourth-order valence-electron chi connectivity index (χ4n) is 1.52. The third kappa shape index (κ3) is 8.80. The minimum absolute atomic E-state index is 0.0261. The van der Waals surface area contributed by atoms with Crippen molar-refractivity contribution in [2.75, 3.05) is 34.3 Å². The average molecular weight is 314 g/mol. The monoisotopic (exact) mass is 314 g/mol. The van der Waals surface area contributed by atoms with E-state index in [2.05, 4.69) is 15.4 Å². The van der Waals surface area contributed by atoms with Crippen molar-refractivity contribution in [3.63, 3.8) is 0 Å². The number of Topliss-reactive ketones (excluding diaryl/α,β-unsaturated/α-hetero) is 1. The van der Waals surface area contributed by atoms with Gasteiger partial charge in [0.15, 0.2) is 5.78 Å². The number of amides is 2. The summed E-state index contributed by atoms with van der Waals surface area (Å²) in [5.41, 5.74) is 0. The molecule has 0 bridgehead atoms. The zero-order valence-corrected chi connectivity index (χ0v) is 13.0. The number of carbonyl (C=O) groups is 4. The van der Waals surface area contributed by atoms with Gasteiger partial charge in [0.25, 0.3) is 0 Å². The van der Waals surface area contributed by atoms with Gasteiger partial charge in [-0.25, -0.2) is 4.79 Å². The summed E-state index contributed by atoms with van der Waals surface area (Å²) in [7, 11) is 4.60. The molecule has 0 aromatic carbocycles. The van der Waals surface area contributed by atoms with Gasteiger partial charge in [-0.2, -0.15) is 0 Å². The molecular weight excluding hydrogens is 292 g/mol. The SMILES string of the molecule is COC(=O)C(CCC(=O)C=N)NC(=O)CNC(=O)CN(C)C. The maximum atomic E-state index is 11.7. The molecule has 9 heteroatoms. The maximum absolute atomic E-state index is 11.7. The van der Waals surface area contributed by atoms with Crippen LogP contribution in [0.1, 0.15) is 12.8 Å². The summed E-state index contributed by atoms with van der Waals surface area (Å²) < 4.78 is 4.54. The number of rotatable bonds is 10. The van der Waals surface area contributed by atoms with Crippen molar-refractivity contribution in [3.05, 3.63) is 0 Å². The highest BCUT2D eigenvalue weighted by molar-refractivity contribution is 6.26. The molecule has 0 fully saturated rings. The fourth-order valence-corrected chi connectivity index (χ4v) is 1.52. The number of nitrogens with zero attached hydrogens (tertiary/aromatic N) is 1. The first-order valence-electron chi connectivity index (χ1n) is 6.62. The number of hydrogen-bond acceptors (Lipinski definition) is 7. The summed E-state index contributed by atoms with van der Waals surface area (Å²) in [4.78, 5) is 47.3. The number of likely N-dealkylation sites (N-methyl/N-ethyl adjacent to an activating group) is 1. The molecule has 0 spiro atoms. The van der Waals surface area contributed by atoms with Crippen molar-refractivity contribution in [2.45, 2.75) is 18.9 Å². The second-order valence-electron chi connectivity index (χ2n) is 4.81. The quantitative estimate of drug-likeness (QED) is 0.326. The fraction of sp³-hybridized carbons (Fsp3) is 0.615. The normalized spacial score (nSPS) is 11.5. The van der Waals surface area contributed by atoms with Crippen LogP contribution in [0.4, 0.5) is 0 Å². The predicted octanol–water partition coefficient (Wildman–Crippen LogP) is -1.68. The third-order valence-corrected chi connectivity index (χ3v) is 2.57. The molecule has 1 atom stereocenters. The Kier molecular flexibility index (Phi) is 9.35. The molecule has 2 amide bonds. The van der Waals surface area contributed by atoms with Crippen LogP contribution in [0, 0.1) is 5.41 Å². The summed E-state index contributed by atoms with van der Waals surface area (Å²) in [6.45, 7) is -0.139. The van der Waals surface area contributed by atoms with E-state index < -0.39 is 23.7 Å². The van der Waals surface area contributed by atoms with Crippen LogP contribution >= 0.6 is 0 Å². The Morgan fingerprint density at radius 2 is 1.86 bits per heavy atom. The molecule has 0 rings (SSSR count). The highest BCUT2D eigenvalue weighted by Crippen LogP contribution is 2.00. The molecule has 0 saturated heterocycles. The number of esters is 1. The first-order valence-corrected chi connectivity index (χ1v) is 6.62. The van der Waals surface area contributed by atoms with E-state index >= 15 is 0 Å². The lowest BCUT2D eigenvalue weighted by atomic mass is 10.1. The summed E-state index contributed by atoms with van der Waals surface area (Å²) in [6.07, 6.45) is 0.617. The van der Waals surface area contributed by atoms with Gasteiger partial charge in [-0.15, -0.1) is 0 Å². The summed E-state index contributed by atoms with van der Waals surface area (Å²) >= 11 is 0. The Labute approximate surface area is 128 Å². The highest BCUT2D eigenvalue weighted by Gasteiger charge is 2.22. The second-order valence-corrected chi connectivity index (χ2v) is 4.81. The van der Waals surface area contributed by atoms with Gasteiger partial charge in [-0.05, 0) is 20.5 Å². The van der Waals surface area contributed by atoms with E-state index in [0.29, 0.717) is 6.21 Å². The van der Waals surface area contributed by atoms with Crippen LogP contribution in [0.2, 0.25) is 0 Å². The molecule has 0 aromatic rings. The Hall–Kier alpha value is -2.29. The topological polar surface area (TPSA) is 129 Å². The van der Waals surface area contributed by atoms with Crippen LogP contribution in [-0.4, -0.2) is 75.0 Å². The Morgan fingerprint density at radius 1 is 1.23 bits per heavy atom. The maximum Gasteiger partial charge on any atom is 0.328 e. The summed E-state index contributed by atoms with van der Waals surface area (Å²) in [5.74, 6) is -2.04. The van der Waals surface area contributed by atoms with Crippen molar-refractivity contribution in [1.29, 1.82) is 5.41 Å². The van der Waals surface area contributed by atoms with Gasteiger partial charge in [-0.3, -0.25) is 14.4 Å². The molecule has 0 heterocycles. The Bertz CT molecular complexity index is 436. The van der Waals surface area contributed by atoms with Gasteiger partial charge >= 0.3 is 5.97 Å². The number of methoxy groups -OCH3 is 1. The van der Waals surface area contributed by atoms with Gasteiger partial charge in [0, 0.05) is 6.42 Å². The smallest absolute Gasteiger partial charge is 0.328 e. The molecule has 0 aliphatic heterocycles. The van der Waals surface area contributed by atoms with E-state index in [9.17, 15) is 19.2 Å². The first kappa shape index (κ1) is 19.7. The number of nitrogens with one attached hydrogen (secondary N) is 3. The van der Waals surface area contributed by atoms with Crippen LogP contribution in [-0.2, 0) is 23.9 Å². The van der Waals surface area contributed by atoms with E-state index in [1.807, 2.05) is 0 Å². The molecular formula is C13H22N4O5. The molecule has 0 aliphatic carbocycles. The van der Waals surface area contributed by atoms with Gasteiger partial charge in [0.05, 0.1) is 26.4 Å². The van der Waals surface area contributed by atoms with Crippen molar-refractivity contribution < 1.29 is 23.9 Å². The van der Waals surface area contributed by atoms with Gasteiger partial charge in [0.1, 0.15) is 6.04 Å². The average Bonchev–Trinajstić information content (AvgIpc) is 2.47. The number of carbonyl (C=O) groups excluding carboxylic acids is 4. The van der Waals surface area contributed by atoms with Crippen LogP contribution < -0.4 is 10.6 Å². The van der Waals surface area contributed by atoms with Crippen molar-refractivity contribution in [1.82, 2.24) is 15.5 Å². The highest BCUT2D eigenvalue weighted by atomic mass is 16.5. The standard InChI is InChI=1S/C13H22N4O5/c1-17(2)8-12(20)15-7-11(19)16-10(13(21)22-3)5-4-9(18)6-14/h6,10,14H,4-5,7-8H2,1-3H3,(H,15,20)(H,16,19). The van der Waals surface area contributed by atoms with E-state index in [1.165, 1.54) is 7.11 Å². The zero-order valence-electron chi connectivity index (χ0n) is 13.0. The van der Waals surface area contributed by atoms with Crippen LogP contribution in [0.3, 0.4) is 0 Å². The van der Waals surface area contributed by atoms with E-state index in [-0.39, 0.29) is 31.8 Å². The molecule has 9 nitrogen and oxygen atoms in total. The molecule has 124 valence electrons. The minimum Gasteiger partial charge on any atom is -0.467 e. The van der Waals surface area contributed by atoms with E-state index in [0.717, 1.165) is 0 Å². The second kappa shape index (κ2) is 10.4. The lowest BCUT2D eigenvalue weighted by Crippen LogP contribution is -2.47. The van der Waals surface area contributed by atoms with Crippen LogP contribution in [0.25, 0.3) is 0 Å². The van der Waals surface area contributed by atoms with Gasteiger partial charge < -0.3 is 25.7 Å². The van der Waals surface area contributed by atoms with Crippen LogP contribution in [0.15, 0.2) is 0 Å². The Morgan fingerprint density at radius 3 is 2.36 bits per heavy atom. The lowest BCUT2D eigenvalue weighted by molar-refractivity contribution is -0.145. The van der Waals surface area contributed by atoms with Crippen molar-refractivity contribution in [3.8, 4) is 0 Å². The molecule has 0 aromatic heterocycles. The predicted molar refractivity (Wildman–Crippen MR) is 78.5 cm³/mol. The van der Waals surface area contributed by atoms with E-state index in [1.54, 1.807) is 19.0 Å². The summed E-state index contributed by atoms with van der Waals surface area (Å²) in [5, 5.41) is 11.6. The lowest BCUT2D eigenvalue weighted by Gasteiger charge is -2.16. The molecule has 0 radical (unpaired) electrons. The molecule has 1 unspecified atom stereocenters. The van der Waals surface area contributed by atoms with Gasteiger partial charge in [-0.1, -0.05) is 0 Å². The largest absolute Gasteiger partial charge is 0.467 e. The molecule has 0 saturated carbocycles. The van der Waals surface area contributed by atoms with Crippen LogP contribution in [0.5, 0.6) is 0 Å². The summed E-state index contributed by atoms with van der Waals surface area (Å²) in [6, 6.07) is -0.993. The van der Waals surface area contributed by atoms with E-state index in [4.69, 9.17) is 5.41 Å². The molecule has 22 heavy (non-hydrogen) atoms. The zero-order chi connectivity index (χ0) is 17.1. The van der Waals surface area contributed by atoms with Gasteiger partial charge in [0.2, 0.25) is 11.8 Å². The van der Waals surface area contributed by atoms with Crippen molar-refractivity contribution >= 4 is 29.8 Å².